The van der Waals surface area contributed by atoms with Crippen molar-refractivity contribution in [3.63, 3.8) is 0 Å². The third kappa shape index (κ3) is 2.73. The summed E-state index contributed by atoms with van der Waals surface area (Å²) < 4.78 is 5.56. The van der Waals surface area contributed by atoms with Gasteiger partial charge in [0.25, 0.3) is 0 Å². The van der Waals surface area contributed by atoms with Crippen LogP contribution in [0.2, 0.25) is 0 Å². The van der Waals surface area contributed by atoms with E-state index >= 15 is 0 Å². The first-order valence-electron chi connectivity index (χ1n) is 8.34. The van der Waals surface area contributed by atoms with E-state index in [1.807, 2.05) is 13.0 Å². The van der Waals surface area contributed by atoms with Gasteiger partial charge in [0.05, 0.1) is 7.11 Å². The summed E-state index contributed by atoms with van der Waals surface area (Å²) in [6.07, 6.45) is 3.93. The van der Waals surface area contributed by atoms with E-state index < -0.39 is 0 Å². The molecule has 0 fully saturated rings. The number of aromatic hydroxyl groups is 1. The quantitative estimate of drug-likeness (QED) is 0.838. The number of ether oxygens (including phenoxy) is 1. The van der Waals surface area contributed by atoms with Crippen LogP contribution < -0.4 is 4.74 Å². The largest absolute Gasteiger partial charge is 0.508 e. The Morgan fingerprint density at radius 3 is 2.58 bits per heavy atom. The highest BCUT2D eigenvalue weighted by Gasteiger charge is 2.19. The SMILES string of the molecule is C=C1C=C(c2cc(CC)c(C)c(OC)c2)Cc2cc(O)cc(C)c21. The lowest BCUT2D eigenvalue weighted by Gasteiger charge is -2.22. The van der Waals surface area contributed by atoms with E-state index in [0.717, 1.165) is 40.9 Å². The van der Waals surface area contributed by atoms with Crippen LogP contribution in [0.15, 0.2) is 36.9 Å². The number of fused-ring (bicyclic) bond motifs is 1. The first-order chi connectivity index (χ1) is 11.4. The van der Waals surface area contributed by atoms with Gasteiger partial charge in [-0.05, 0) is 89.4 Å². The van der Waals surface area contributed by atoms with E-state index in [9.17, 15) is 5.11 Å². The normalized spacial score (nSPS) is 13.5. The minimum atomic E-state index is 0.316. The number of hydrogen-bond acceptors (Lipinski definition) is 2. The zero-order valence-electron chi connectivity index (χ0n) is 14.9. The minimum absolute atomic E-state index is 0.316. The molecule has 3 rings (SSSR count). The van der Waals surface area contributed by atoms with Crippen molar-refractivity contribution in [3.05, 3.63) is 70.3 Å². The van der Waals surface area contributed by atoms with Crippen molar-refractivity contribution in [2.75, 3.05) is 7.11 Å². The average Bonchev–Trinajstić information content (AvgIpc) is 2.53. The molecule has 1 N–H and O–H groups in total. The van der Waals surface area contributed by atoms with Crippen LogP contribution in [0.3, 0.4) is 0 Å². The Bertz CT molecular complexity index is 832. The smallest absolute Gasteiger partial charge is 0.122 e. The van der Waals surface area contributed by atoms with Gasteiger partial charge in [-0.2, -0.15) is 0 Å². The summed E-state index contributed by atoms with van der Waals surface area (Å²) in [5.41, 5.74) is 9.25. The van der Waals surface area contributed by atoms with Crippen molar-refractivity contribution in [3.8, 4) is 11.5 Å². The van der Waals surface area contributed by atoms with E-state index in [1.165, 1.54) is 22.3 Å². The first kappa shape index (κ1) is 16.4. The van der Waals surface area contributed by atoms with Crippen LogP contribution in [0.25, 0.3) is 11.1 Å². The molecule has 0 spiro atoms. The van der Waals surface area contributed by atoms with Crippen LogP contribution in [-0.4, -0.2) is 12.2 Å². The van der Waals surface area contributed by atoms with E-state index in [4.69, 9.17) is 4.74 Å². The number of rotatable bonds is 3. The molecule has 0 aromatic heterocycles. The first-order valence-corrected chi connectivity index (χ1v) is 8.34. The number of allylic oxidation sites excluding steroid dienone is 3. The lowest BCUT2D eigenvalue weighted by Crippen LogP contribution is -2.05. The Morgan fingerprint density at radius 2 is 1.92 bits per heavy atom. The molecule has 2 aromatic rings. The van der Waals surface area contributed by atoms with Gasteiger partial charge in [0, 0.05) is 0 Å². The maximum atomic E-state index is 9.94. The number of phenols is 1. The standard InChI is InChI=1S/C22H24O2/c1-6-16-9-18(12-21(24-5)15(16)4)17-7-13(2)22-14(3)8-20(23)11-19(22)10-17/h7-9,11-12,23H,2,6,10H2,1,3-5H3. The molecule has 0 unspecified atom stereocenters. The second-order valence-electron chi connectivity index (χ2n) is 6.48. The topological polar surface area (TPSA) is 29.5 Å². The van der Waals surface area contributed by atoms with Crippen LogP contribution in [0.5, 0.6) is 11.5 Å². The van der Waals surface area contributed by atoms with Crippen molar-refractivity contribution >= 4 is 11.1 Å². The molecule has 0 bridgehead atoms. The van der Waals surface area contributed by atoms with Crippen molar-refractivity contribution in [1.29, 1.82) is 0 Å². The molecule has 0 aliphatic heterocycles. The number of benzene rings is 2. The highest BCUT2D eigenvalue weighted by molar-refractivity contribution is 5.90. The van der Waals surface area contributed by atoms with Crippen molar-refractivity contribution in [2.24, 2.45) is 0 Å². The fourth-order valence-electron chi connectivity index (χ4n) is 3.67. The fourth-order valence-corrected chi connectivity index (χ4v) is 3.67. The Hall–Kier alpha value is -2.48. The summed E-state index contributed by atoms with van der Waals surface area (Å²) in [5, 5.41) is 9.94. The van der Waals surface area contributed by atoms with E-state index in [2.05, 4.69) is 38.6 Å². The summed E-state index contributed by atoms with van der Waals surface area (Å²) in [5.74, 6) is 1.24. The molecular weight excluding hydrogens is 296 g/mol. The zero-order chi connectivity index (χ0) is 17.4. The Balaban J connectivity index is 2.11. The fraction of sp³-hybridized carbons (Fsp3) is 0.273. The number of aryl methyl sites for hydroxylation is 2. The van der Waals surface area contributed by atoms with Gasteiger partial charge in [-0.25, -0.2) is 0 Å². The van der Waals surface area contributed by atoms with Gasteiger partial charge in [0.1, 0.15) is 11.5 Å². The molecule has 0 heterocycles. The molecule has 0 amide bonds. The Kier molecular flexibility index (Phi) is 4.23. The maximum absolute atomic E-state index is 9.94. The number of methoxy groups -OCH3 is 1. The Labute approximate surface area is 144 Å². The molecule has 0 saturated carbocycles. The van der Waals surface area contributed by atoms with Crippen LogP contribution in [0.4, 0.5) is 0 Å². The summed E-state index contributed by atoms with van der Waals surface area (Å²) in [6, 6.07) is 8.01. The van der Waals surface area contributed by atoms with Crippen LogP contribution in [0, 0.1) is 13.8 Å². The molecular formula is C22H24O2. The summed E-state index contributed by atoms with van der Waals surface area (Å²) >= 11 is 0. The number of hydrogen-bond donors (Lipinski definition) is 1. The van der Waals surface area contributed by atoms with Gasteiger partial charge in [-0.3, -0.25) is 0 Å². The molecule has 2 aromatic carbocycles. The van der Waals surface area contributed by atoms with Gasteiger partial charge >= 0.3 is 0 Å². The Morgan fingerprint density at radius 1 is 1.17 bits per heavy atom. The molecule has 2 nitrogen and oxygen atoms in total. The molecule has 24 heavy (non-hydrogen) atoms. The van der Waals surface area contributed by atoms with Crippen LogP contribution in [0.1, 0.15) is 40.3 Å². The van der Waals surface area contributed by atoms with Gasteiger partial charge in [0.2, 0.25) is 0 Å². The summed E-state index contributed by atoms with van der Waals surface area (Å²) in [6.45, 7) is 10.5. The van der Waals surface area contributed by atoms with E-state index in [0.29, 0.717) is 5.75 Å². The van der Waals surface area contributed by atoms with Gasteiger partial charge < -0.3 is 9.84 Å². The van der Waals surface area contributed by atoms with Gasteiger partial charge in [0.15, 0.2) is 0 Å². The van der Waals surface area contributed by atoms with Crippen LogP contribution >= 0.6 is 0 Å². The highest BCUT2D eigenvalue weighted by Crippen LogP contribution is 2.38. The van der Waals surface area contributed by atoms with E-state index in [-0.39, 0.29) is 0 Å². The lowest BCUT2D eigenvalue weighted by atomic mass is 9.83. The number of phenolic OH excluding ortho intramolecular Hbond substituents is 1. The zero-order valence-corrected chi connectivity index (χ0v) is 14.9. The third-order valence-corrected chi connectivity index (χ3v) is 4.89. The second-order valence-corrected chi connectivity index (χ2v) is 6.48. The van der Waals surface area contributed by atoms with Gasteiger partial charge in [-0.1, -0.05) is 25.6 Å². The molecule has 124 valence electrons. The summed E-state index contributed by atoms with van der Waals surface area (Å²) in [7, 11) is 1.72. The lowest BCUT2D eigenvalue weighted by molar-refractivity contribution is 0.411. The molecule has 0 saturated heterocycles. The highest BCUT2D eigenvalue weighted by atomic mass is 16.5. The molecule has 0 atom stereocenters. The second kappa shape index (κ2) is 6.20. The third-order valence-electron chi connectivity index (χ3n) is 4.89. The molecule has 1 aliphatic carbocycles. The monoisotopic (exact) mass is 320 g/mol. The maximum Gasteiger partial charge on any atom is 0.122 e. The van der Waals surface area contributed by atoms with Crippen molar-refractivity contribution < 1.29 is 9.84 Å². The van der Waals surface area contributed by atoms with Gasteiger partial charge in [-0.15, -0.1) is 0 Å². The minimum Gasteiger partial charge on any atom is -0.508 e. The molecule has 2 heteroatoms. The van der Waals surface area contributed by atoms with Crippen molar-refractivity contribution in [1.82, 2.24) is 0 Å². The van der Waals surface area contributed by atoms with Crippen molar-refractivity contribution in [2.45, 2.75) is 33.6 Å². The van der Waals surface area contributed by atoms with Crippen LogP contribution in [-0.2, 0) is 12.8 Å². The molecule has 0 radical (unpaired) electrons. The summed E-state index contributed by atoms with van der Waals surface area (Å²) in [4.78, 5) is 0. The predicted octanol–water partition coefficient (Wildman–Crippen LogP) is 5.23. The van der Waals surface area contributed by atoms with E-state index in [1.54, 1.807) is 13.2 Å². The molecule has 1 aliphatic rings. The average molecular weight is 320 g/mol. The predicted molar refractivity (Wildman–Crippen MR) is 101 cm³/mol.